The van der Waals surface area contributed by atoms with Gasteiger partial charge in [0.25, 0.3) is 0 Å². The molecule has 0 radical (unpaired) electrons. The summed E-state index contributed by atoms with van der Waals surface area (Å²) >= 11 is 2.77. The van der Waals surface area contributed by atoms with Gasteiger partial charge < -0.3 is 9.84 Å². The monoisotopic (exact) mass is 308 g/mol. The van der Waals surface area contributed by atoms with Crippen LogP contribution in [0.1, 0.15) is 5.56 Å². The number of carboxylic acid groups (broad SMARTS) is 1. The number of allylic oxidation sites excluding steroid dienone is 1. The van der Waals surface area contributed by atoms with Crippen molar-refractivity contribution >= 4 is 41.4 Å². The number of hydrogen-bond donors (Lipinski definition) is 1. The van der Waals surface area contributed by atoms with Gasteiger partial charge in [0.15, 0.2) is 5.78 Å². The second-order valence-electron chi connectivity index (χ2n) is 3.84. The molecule has 1 aliphatic heterocycles. The summed E-state index contributed by atoms with van der Waals surface area (Å²) in [7, 11) is 1.58. The highest BCUT2D eigenvalue weighted by atomic mass is 32.3. The number of methoxy groups -OCH3 is 1. The lowest BCUT2D eigenvalue weighted by molar-refractivity contribution is -0.134. The Labute approximate surface area is 124 Å². The summed E-state index contributed by atoms with van der Waals surface area (Å²) in [5.41, 5.74) is 0.666. The second-order valence-corrected chi connectivity index (χ2v) is 6.44. The fourth-order valence-electron chi connectivity index (χ4n) is 1.53. The van der Waals surface area contributed by atoms with Crippen LogP contribution in [0.2, 0.25) is 0 Å². The Kier molecular flexibility index (Phi) is 4.92. The van der Waals surface area contributed by atoms with Gasteiger partial charge in [-0.05, 0) is 23.8 Å². The molecule has 0 saturated carbocycles. The molecule has 1 aliphatic rings. The van der Waals surface area contributed by atoms with Crippen molar-refractivity contribution < 1.29 is 19.4 Å². The first-order valence-electron chi connectivity index (χ1n) is 5.71. The van der Waals surface area contributed by atoms with Crippen LogP contribution in [0.4, 0.5) is 0 Å². The Balaban J connectivity index is 2.13. The molecule has 4 nitrogen and oxygen atoms in total. The minimum atomic E-state index is -1.18. The predicted octanol–water partition coefficient (Wildman–Crippen LogP) is 3.01. The van der Waals surface area contributed by atoms with E-state index in [1.165, 1.54) is 29.6 Å². The molecule has 0 atom stereocenters. The molecule has 0 unspecified atom stereocenters. The van der Waals surface area contributed by atoms with Crippen molar-refractivity contribution in [1.82, 2.24) is 0 Å². The van der Waals surface area contributed by atoms with Crippen LogP contribution < -0.4 is 4.74 Å². The molecule has 2 rings (SSSR count). The van der Waals surface area contributed by atoms with Crippen LogP contribution in [0.25, 0.3) is 6.08 Å². The maximum Gasteiger partial charge on any atom is 0.341 e. The SMILES string of the molecule is COc1ccc(/C=C/C(=O)C(C(=O)O)=C2SCS2)cc1. The second kappa shape index (κ2) is 6.67. The van der Waals surface area contributed by atoms with Gasteiger partial charge in [-0.2, -0.15) is 0 Å². The molecule has 0 bridgehead atoms. The first kappa shape index (κ1) is 14.7. The van der Waals surface area contributed by atoms with Gasteiger partial charge in [0.2, 0.25) is 0 Å². The molecule has 104 valence electrons. The zero-order valence-corrected chi connectivity index (χ0v) is 12.3. The Bertz CT molecular complexity index is 582. The number of carboxylic acids is 1. The van der Waals surface area contributed by atoms with Crippen LogP contribution in [-0.2, 0) is 9.59 Å². The third kappa shape index (κ3) is 3.46. The van der Waals surface area contributed by atoms with Gasteiger partial charge in [0.05, 0.1) is 11.3 Å². The van der Waals surface area contributed by atoms with Crippen LogP contribution in [0, 0.1) is 0 Å². The number of ketones is 1. The number of carbonyl (C=O) groups excluding carboxylic acids is 1. The lowest BCUT2D eigenvalue weighted by Gasteiger charge is -2.16. The van der Waals surface area contributed by atoms with Crippen molar-refractivity contribution in [2.45, 2.75) is 0 Å². The Hall–Kier alpha value is -1.66. The van der Waals surface area contributed by atoms with Gasteiger partial charge in [0.1, 0.15) is 11.3 Å². The van der Waals surface area contributed by atoms with Gasteiger partial charge >= 0.3 is 5.97 Å². The normalized spacial score (nSPS) is 13.9. The number of ether oxygens (including phenoxy) is 1. The van der Waals surface area contributed by atoms with Crippen molar-refractivity contribution in [2.75, 3.05) is 12.2 Å². The molecule has 0 aromatic heterocycles. The lowest BCUT2D eigenvalue weighted by Crippen LogP contribution is -2.13. The van der Waals surface area contributed by atoms with E-state index >= 15 is 0 Å². The lowest BCUT2D eigenvalue weighted by atomic mass is 10.1. The van der Waals surface area contributed by atoms with Gasteiger partial charge in [0, 0.05) is 5.08 Å². The van der Waals surface area contributed by atoms with E-state index in [1.54, 1.807) is 37.5 Å². The highest BCUT2D eigenvalue weighted by Gasteiger charge is 2.25. The number of benzene rings is 1. The average molecular weight is 308 g/mol. The number of rotatable bonds is 5. The highest BCUT2D eigenvalue weighted by molar-refractivity contribution is 8.37. The van der Waals surface area contributed by atoms with E-state index in [4.69, 9.17) is 9.84 Å². The van der Waals surface area contributed by atoms with Crippen molar-refractivity contribution in [3.63, 3.8) is 0 Å². The minimum Gasteiger partial charge on any atom is -0.497 e. The zero-order valence-electron chi connectivity index (χ0n) is 10.7. The standard InChI is InChI=1S/C14H12O4S2/c1-18-10-5-2-9(3-6-10)4-7-11(15)12(13(16)17)14-19-8-20-14/h2-7H,8H2,1H3,(H,16,17)/b7-4+. The predicted molar refractivity (Wildman–Crippen MR) is 81.7 cm³/mol. The molecule has 1 N–H and O–H groups in total. The van der Waals surface area contributed by atoms with Gasteiger partial charge in [-0.25, -0.2) is 4.79 Å². The van der Waals surface area contributed by atoms with Crippen LogP contribution in [0.5, 0.6) is 5.75 Å². The van der Waals surface area contributed by atoms with Crippen molar-refractivity contribution in [1.29, 1.82) is 0 Å². The van der Waals surface area contributed by atoms with Crippen molar-refractivity contribution in [3.8, 4) is 5.75 Å². The summed E-state index contributed by atoms with van der Waals surface area (Å²) in [6.07, 6.45) is 2.89. The van der Waals surface area contributed by atoms with E-state index in [1.807, 2.05) is 0 Å². The molecule has 1 saturated heterocycles. The molecule has 0 spiro atoms. The number of hydrogen-bond acceptors (Lipinski definition) is 5. The summed E-state index contributed by atoms with van der Waals surface area (Å²) < 4.78 is 5.62. The van der Waals surface area contributed by atoms with Crippen LogP contribution in [-0.4, -0.2) is 29.1 Å². The van der Waals surface area contributed by atoms with E-state index in [-0.39, 0.29) is 5.57 Å². The summed E-state index contributed by atoms with van der Waals surface area (Å²) in [6.45, 7) is 0. The zero-order chi connectivity index (χ0) is 14.5. The molecule has 20 heavy (non-hydrogen) atoms. The largest absolute Gasteiger partial charge is 0.497 e. The van der Waals surface area contributed by atoms with Gasteiger partial charge in [-0.1, -0.05) is 18.2 Å². The molecule has 1 fully saturated rings. The van der Waals surface area contributed by atoms with Gasteiger partial charge in [-0.15, -0.1) is 23.5 Å². The Morgan fingerprint density at radius 2 is 1.90 bits per heavy atom. The molecular weight excluding hydrogens is 296 g/mol. The smallest absolute Gasteiger partial charge is 0.341 e. The number of thioether (sulfide) groups is 2. The quantitative estimate of drug-likeness (QED) is 0.512. The maximum absolute atomic E-state index is 11.9. The van der Waals surface area contributed by atoms with Crippen LogP contribution >= 0.6 is 23.5 Å². The van der Waals surface area contributed by atoms with E-state index < -0.39 is 11.8 Å². The first-order valence-corrected chi connectivity index (χ1v) is 7.68. The van der Waals surface area contributed by atoms with Crippen LogP contribution in [0.15, 0.2) is 40.2 Å². The maximum atomic E-state index is 11.9. The first-order chi connectivity index (χ1) is 9.61. The summed E-state index contributed by atoms with van der Waals surface area (Å²) in [6, 6.07) is 7.14. The molecular formula is C14H12O4S2. The van der Waals surface area contributed by atoms with E-state index in [2.05, 4.69) is 0 Å². The summed E-state index contributed by atoms with van der Waals surface area (Å²) in [5, 5.41) is 9.88. The fraction of sp³-hybridized carbons (Fsp3) is 0.143. The van der Waals surface area contributed by atoms with Crippen molar-refractivity contribution in [2.24, 2.45) is 0 Å². The Morgan fingerprint density at radius 1 is 1.25 bits per heavy atom. The number of carbonyl (C=O) groups is 2. The van der Waals surface area contributed by atoms with E-state index in [0.717, 1.165) is 16.4 Å². The molecule has 1 aromatic carbocycles. The average Bonchev–Trinajstić information content (AvgIpc) is 2.40. The molecule has 0 aliphatic carbocycles. The van der Waals surface area contributed by atoms with Gasteiger partial charge in [-0.3, -0.25) is 4.79 Å². The number of aliphatic carboxylic acids is 1. The molecule has 1 heterocycles. The fourth-order valence-corrected chi connectivity index (χ4v) is 3.13. The molecule has 0 amide bonds. The molecule has 6 heteroatoms. The minimum absolute atomic E-state index is 0.143. The summed E-state index contributed by atoms with van der Waals surface area (Å²) in [4.78, 5) is 23.1. The molecule has 1 aromatic rings. The van der Waals surface area contributed by atoms with Crippen molar-refractivity contribution in [3.05, 3.63) is 45.7 Å². The van der Waals surface area contributed by atoms with Crippen LogP contribution in [0.3, 0.4) is 0 Å². The van der Waals surface area contributed by atoms with E-state index in [9.17, 15) is 9.59 Å². The third-order valence-electron chi connectivity index (χ3n) is 2.59. The summed E-state index contributed by atoms with van der Waals surface area (Å²) in [5.74, 6) is -0.934. The third-order valence-corrected chi connectivity index (χ3v) is 5.17. The highest BCUT2D eigenvalue weighted by Crippen LogP contribution is 2.45. The van der Waals surface area contributed by atoms with E-state index in [0.29, 0.717) is 4.24 Å². The topological polar surface area (TPSA) is 63.6 Å². The Morgan fingerprint density at radius 3 is 2.35 bits per heavy atom.